The highest BCUT2D eigenvalue weighted by molar-refractivity contribution is 7.09. The van der Waals surface area contributed by atoms with Crippen LogP contribution < -0.4 is 10.6 Å². The number of anilines is 1. The maximum Gasteiger partial charge on any atom is 0.221 e. The van der Waals surface area contributed by atoms with Crippen molar-refractivity contribution in [3.8, 4) is 0 Å². The molecule has 2 aromatic rings. The van der Waals surface area contributed by atoms with Gasteiger partial charge in [-0.25, -0.2) is 4.98 Å². The Morgan fingerprint density at radius 3 is 2.67 bits per heavy atom. The molecule has 21 heavy (non-hydrogen) atoms. The van der Waals surface area contributed by atoms with Crippen LogP contribution in [0.5, 0.6) is 0 Å². The summed E-state index contributed by atoms with van der Waals surface area (Å²) >= 11 is 1.68. The lowest BCUT2D eigenvalue weighted by atomic mass is 10.1. The van der Waals surface area contributed by atoms with Crippen molar-refractivity contribution in [2.45, 2.75) is 39.8 Å². The number of benzene rings is 1. The maximum absolute atomic E-state index is 11.1. The minimum Gasteiger partial charge on any atom is -0.326 e. The fourth-order valence-electron chi connectivity index (χ4n) is 2.36. The van der Waals surface area contributed by atoms with Gasteiger partial charge in [-0.1, -0.05) is 12.1 Å². The van der Waals surface area contributed by atoms with E-state index in [1.807, 2.05) is 30.6 Å². The summed E-state index contributed by atoms with van der Waals surface area (Å²) in [4.78, 5) is 16.7. The van der Waals surface area contributed by atoms with Crippen molar-refractivity contribution >= 4 is 22.9 Å². The lowest BCUT2D eigenvalue weighted by Gasteiger charge is -2.20. The van der Waals surface area contributed by atoms with E-state index < -0.39 is 0 Å². The van der Waals surface area contributed by atoms with Crippen molar-refractivity contribution in [3.05, 3.63) is 45.9 Å². The minimum atomic E-state index is -0.0542. The number of hydrogen-bond acceptors (Lipinski definition) is 4. The predicted molar refractivity (Wildman–Crippen MR) is 87.6 cm³/mol. The molecular weight excluding hydrogens is 282 g/mol. The van der Waals surface area contributed by atoms with Gasteiger partial charge in [0.2, 0.25) is 5.91 Å². The maximum atomic E-state index is 11.1. The molecule has 2 atom stereocenters. The molecule has 0 fully saturated rings. The Hall–Kier alpha value is -1.72. The van der Waals surface area contributed by atoms with Crippen molar-refractivity contribution in [1.82, 2.24) is 10.3 Å². The summed E-state index contributed by atoms with van der Waals surface area (Å²) in [5.41, 5.74) is 4.94. The Morgan fingerprint density at radius 1 is 1.29 bits per heavy atom. The molecule has 2 rings (SSSR count). The molecule has 0 bridgehead atoms. The summed E-state index contributed by atoms with van der Waals surface area (Å²) in [7, 11) is 0. The Bertz CT molecular complexity index is 623. The quantitative estimate of drug-likeness (QED) is 0.883. The molecular formula is C16H21N3OS. The second-order valence-corrected chi connectivity index (χ2v) is 6.11. The van der Waals surface area contributed by atoms with Crippen LogP contribution in [0.25, 0.3) is 0 Å². The Morgan fingerprint density at radius 2 is 2.05 bits per heavy atom. The molecule has 0 aliphatic rings. The zero-order valence-electron chi connectivity index (χ0n) is 12.8. The van der Waals surface area contributed by atoms with E-state index in [0.29, 0.717) is 0 Å². The van der Waals surface area contributed by atoms with Crippen LogP contribution in [0.2, 0.25) is 0 Å². The number of hydrogen-bond donors (Lipinski definition) is 2. The van der Waals surface area contributed by atoms with Crippen LogP contribution in [0.3, 0.4) is 0 Å². The van der Waals surface area contributed by atoms with E-state index in [0.717, 1.165) is 16.9 Å². The summed E-state index contributed by atoms with van der Waals surface area (Å²) in [5, 5.41) is 6.39. The number of carbonyl (C=O) groups excluding carboxylic acids is 1. The number of aryl methyl sites for hydroxylation is 1. The molecule has 1 aromatic carbocycles. The second kappa shape index (κ2) is 6.83. The van der Waals surface area contributed by atoms with Gasteiger partial charge in [-0.15, -0.1) is 11.3 Å². The van der Waals surface area contributed by atoms with Gasteiger partial charge in [0.15, 0.2) is 0 Å². The Balaban J connectivity index is 2.08. The van der Waals surface area contributed by atoms with Gasteiger partial charge >= 0.3 is 0 Å². The largest absolute Gasteiger partial charge is 0.326 e. The number of amides is 1. The molecule has 1 heterocycles. The molecule has 0 radical (unpaired) electrons. The van der Waals surface area contributed by atoms with Crippen LogP contribution in [0.4, 0.5) is 5.69 Å². The van der Waals surface area contributed by atoms with Crippen LogP contribution in [0, 0.1) is 6.92 Å². The van der Waals surface area contributed by atoms with E-state index in [1.54, 1.807) is 11.3 Å². The molecule has 2 unspecified atom stereocenters. The summed E-state index contributed by atoms with van der Waals surface area (Å²) in [6.45, 7) is 7.82. The smallest absolute Gasteiger partial charge is 0.221 e. The molecule has 1 amide bonds. The molecule has 0 aliphatic heterocycles. The average molecular weight is 303 g/mol. The SMILES string of the molecule is CC(=O)Nc1cccc(C(C)NC(C)c2scnc2C)c1. The van der Waals surface area contributed by atoms with E-state index in [9.17, 15) is 4.79 Å². The van der Waals surface area contributed by atoms with E-state index >= 15 is 0 Å². The van der Waals surface area contributed by atoms with Crippen molar-refractivity contribution in [3.63, 3.8) is 0 Å². The van der Waals surface area contributed by atoms with E-state index in [-0.39, 0.29) is 18.0 Å². The van der Waals surface area contributed by atoms with E-state index in [4.69, 9.17) is 0 Å². The van der Waals surface area contributed by atoms with Gasteiger partial charge in [0.05, 0.1) is 11.2 Å². The molecule has 1 aromatic heterocycles. The van der Waals surface area contributed by atoms with Crippen LogP contribution in [0.1, 0.15) is 49.0 Å². The Labute approximate surface area is 129 Å². The fourth-order valence-corrected chi connectivity index (χ4v) is 3.18. The molecule has 0 saturated carbocycles. The third kappa shape index (κ3) is 4.12. The number of thiazole rings is 1. The molecule has 4 nitrogen and oxygen atoms in total. The molecule has 0 aliphatic carbocycles. The van der Waals surface area contributed by atoms with Gasteiger partial charge in [-0.05, 0) is 38.5 Å². The first-order chi connectivity index (χ1) is 9.97. The zero-order valence-corrected chi connectivity index (χ0v) is 13.6. The van der Waals surface area contributed by atoms with E-state index in [1.165, 1.54) is 11.8 Å². The molecule has 112 valence electrons. The van der Waals surface area contributed by atoms with Crippen molar-refractivity contribution in [2.75, 3.05) is 5.32 Å². The standard InChI is InChI=1S/C16H21N3OS/c1-10(18-12(3)16-11(2)17-9-21-16)14-6-5-7-15(8-14)19-13(4)20/h5-10,12,18H,1-4H3,(H,19,20). The lowest BCUT2D eigenvalue weighted by Crippen LogP contribution is -2.22. The van der Waals surface area contributed by atoms with Crippen molar-refractivity contribution in [1.29, 1.82) is 0 Å². The highest BCUT2D eigenvalue weighted by Gasteiger charge is 2.15. The lowest BCUT2D eigenvalue weighted by molar-refractivity contribution is -0.114. The average Bonchev–Trinajstić information content (AvgIpc) is 2.84. The van der Waals surface area contributed by atoms with Gasteiger partial charge in [-0.3, -0.25) is 4.79 Å². The molecule has 5 heteroatoms. The highest BCUT2D eigenvalue weighted by Crippen LogP contribution is 2.25. The first-order valence-electron chi connectivity index (χ1n) is 7.01. The van der Waals surface area contributed by atoms with Crippen molar-refractivity contribution < 1.29 is 4.79 Å². The van der Waals surface area contributed by atoms with Crippen LogP contribution in [-0.2, 0) is 4.79 Å². The van der Waals surface area contributed by atoms with E-state index in [2.05, 4.69) is 35.5 Å². The first kappa shape index (κ1) is 15.7. The number of nitrogens with one attached hydrogen (secondary N) is 2. The van der Waals surface area contributed by atoms with Crippen LogP contribution >= 0.6 is 11.3 Å². The monoisotopic (exact) mass is 303 g/mol. The fraction of sp³-hybridized carbons (Fsp3) is 0.375. The summed E-state index contributed by atoms with van der Waals surface area (Å²) in [6, 6.07) is 8.36. The first-order valence-corrected chi connectivity index (χ1v) is 7.89. The second-order valence-electron chi connectivity index (χ2n) is 5.22. The summed E-state index contributed by atoms with van der Waals surface area (Å²) in [6.07, 6.45) is 0. The number of carbonyl (C=O) groups is 1. The molecule has 0 saturated heterocycles. The normalized spacial score (nSPS) is 13.7. The summed E-state index contributed by atoms with van der Waals surface area (Å²) in [5.74, 6) is -0.0542. The summed E-state index contributed by atoms with van der Waals surface area (Å²) < 4.78 is 0. The number of rotatable bonds is 5. The highest BCUT2D eigenvalue weighted by atomic mass is 32.1. The number of nitrogens with zero attached hydrogens (tertiary/aromatic N) is 1. The predicted octanol–water partition coefficient (Wildman–Crippen LogP) is 3.82. The number of aromatic nitrogens is 1. The molecule has 2 N–H and O–H groups in total. The van der Waals surface area contributed by atoms with Gasteiger partial charge < -0.3 is 10.6 Å². The zero-order chi connectivity index (χ0) is 15.4. The van der Waals surface area contributed by atoms with Crippen molar-refractivity contribution in [2.24, 2.45) is 0 Å². The van der Waals surface area contributed by atoms with Crippen LogP contribution in [-0.4, -0.2) is 10.9 Å². The van der Waals surface area contributed by atoms with Crippen LogP contribution in [0.15, 0.2) is 29.8 Å². The van der Waals surface area contributed by atoms with Gasteiger partial charge in [0.1, 0.15) is 0 Å². The minimum absolute atomic E-state index is 0.0542. The molecule has 0 spiro atoms. The van der Waals surface area contributed by atoms with Gasteiger partial charge in [-0.2, -0.15) is 0 Å². The van der Waals surface area contributed by atoms with Gasteiger partial charge in [0.25, 0.3) is 0 Å². The topological polar surface area (TPSA) is 54.0 Å². The third-order valence-electron chi connectivity index (χ3n) is 3.38. The van der Waals surface area contributed by atoms with Gasteiger partial charge in [0, 0.05) is 29.6 Å². The Kier molecular flexibility index (Phi) is 5.09. The third-order valence-corrected chi connectivity index (χ3v) is 4.50.